The van der Waals surface area contributed by atoms with Crippen molar-refractivity contribution in [3.63, 3.8) is 0 Å². The summed E-state index contributed by atoms with van der Waals surface area (Å²) < 4.78 is 1.62. The van der Waals surface area contributed by atoms with Crippen molar-refractivity contribution >= 4 is 109 Å². The molecule has 0 atom stereocenters. The molecule has 5 aromatic rings. The number of thiazole rings is 1. The number of hydrogen-bond donors (Lipinski definition) is 0. The number of hydrogen-bond acceptors (Lipinski definition) is 8. The topological polar surface area (TPSA) is 96.6 Å². The van der Waals surface area contributed by atoms with E-state index in [1.54, 1.807) is 48.5 Å². The second kappa shape index (κ2) is 12.3. The van der Waals surface area contributed by atoms with E-state index in [-0.39, 0.29) is 21.9 Å². The molecule has 45 heavy (non-hydrogen) atoms. The minimum Gasteiger partial charge on any atom is -0.268 e. The van der Waals surface area contributed by atoms with E-state index in [4.69, 9.17) is 35.4 Å². The van der Waals surface area contributed by atoms with E-state index in [1.807, 2.05) is 38.1 Å². The Kier molecular flexibility index (Phi) is 8.47. The second-order valence-corrected chi connectivity index (χ2v) is 13.5. The van der Waals surface area contributed by atoms with Gasteiger partial charge in [0, 0.05) is 16.1 Å². The van der Waals surface area contributed by atoms with Gasteiger partial charge in [-0.3, -0.25) is 29.5 Å². The number of rotatable bonds is 6. The predicted molar refractivity (Wildman–Crippen MR) is 185 cm³/mol. The fraction of sp³-hybridized carbons (Fsp3) is 0.0625. The summed E-state index contributed by atoms with van der Waals surface area (Å²) in [6.07, 6.45) is 1.33. The van der Waals surface area contributed by atoms with Gasteiger partial charge in [-0.25, -0.2) is 4.98 Å². The Balaban J connectivity index is 1.43. The molecule has 0 radical (unpaired) electrons. The Bertz CT molecular complexity index is 2010. The molecule has 4 aromatic carbocycles. The molecule has 0 bridgehead atoms. The number of nitro groups is 1. The number of nitro benzene ring substituents is 1. The number of carbonyl (C=O) groups excluding carboxylic acids is 2. The quantitative estimate of drug-likeness (QED) is 0.0577. The molecule has 2 amide bonds. The third kappa shape index (κ3) is 5.97. The van der Waals surface area contributed by atoms with E-state index in [0.29, 0.717) is 30.7 Å². The first-order valence-electron chi connectivity index (χ1n) is 13.3. The lowest BCUT2D eigenvalue weighted by atomic mass is 10.0. The molecule has 1 saturated heterocycles. The van der Waals surface area contributed by atoms with E-state index in [1.165, 1.54) is 45.0 Å². The third-order valence-corrected chi connectivity index (χ3v) is 10.4. The largest absolute Gasteiger partial charge is 0.283 e. The van der Waals surface area contributed by atoms with Crippen LogP contribution in [0.2, 0.25) is 10.0 Å². The highest BCUT2D eigenvalue weighted by molar-refractivity contribution is 8.01. The number of thiocarbonyl (C=S) groups is 1. The zero-order chi connectivity index (χ0) is 32.0. The maximum atomic E-state index is 14.0. The summed E-state index contributed by atoms with van der Waals surface area (Å²) in [5.74, 6) is -1.40. The van der Waals surface area contributed by atoms with Crippen LogP contribution in [0.3, 0.4) is 0 Å². The van der Waals surface area contributed by atoms with E-state index < -0.39 is 16.7 Å². The Morgan fingerprint density at radius 2 is 1.49 bits per heavy atom. The van der Waals surface area contributed by atoms with Crippen molar-refractivity contribution in [3.8, 4) is 0 Å². The normalized spacial score (nSPS) is 13.6. The van der Waals surface area contributed by atoms with E-state index in [9.17, 15) is 19.7 Å². The van der Waals surface area contributed by atoms with Crippen LogP contribution in [0.25, 0.3) is 16.3 Å². The highest BCUT2D eigenvalue weighted by Gasteiger charge is 2.41. The average molecular weight is 692 g/mol. The molecule has 6 rings (SSSR count). The molecular weight excluding hydrogens is 671 g/mol. The first kappa shape index (κ1) is 30.9. The maximum absolute atomic E-state index is 14.0. The standard InChI is InChI=1S/C32H20Cl2N4O4S3/c1-17-7-10-20(15-23(17)33)36-29(39)22(30(40)37(32(36)43)21-11-8-18(2)24(34)16-21)13-19-9-12-28(26(14-19)38(41)42)45-31-35-25-5-3-4-6-27(25)44-31/h3-16H,1-2H3. The van der Waals surface area contributed by atoms with Crippen LogP contribution in [-0.2, 0) is 9.59 Å². The Morgan fingerprint density at radius 1 is 0.889 bits per heavy atom. The third-order valence-electron chi connectivity index (χ3n) is 7.04. The first-order valence-corrected chi connectivity index (χ1v) is 16.1. The number of aryl methyl sites for hydroxylation is 2. The van der Waals surface area contributed by atoms with Gasteiger partial charge in [0.1, 0.15) is 5.57 Å². The Morgan fingerprint density at radius 3 is 2.04 bits per heavy atom. The van der Waals surface area contributed by atoms with Crippen molar-refractivity contribution in [1.82, 2.24) is 4.98 Å². The maximum Gasteiger partial charge on any atom is 0.283 e. The van der Waals surface area contributed by atoms with Gasteiger partial charge in [-0.15, -0.1) is 11.3 Å². The van der Waals surface area contributed by atoms with Crippen molar-refractivity contribution in [2.24, 2.45) is 0 Å². The first-order chi connectivity index (χ1) is 21.5. The number of halogens is 2. The van der Waals surface area contributed by atoms with Gasteiger partial charge in [0.15, 0.2) is 9.45 Å². The predicted octanol–water partition coefficient (Wildman–Crippen LogP) is 9.03. The molecule has 13 heteroatoms. The second-order valence-electron chi connectivity index (χ2n) is 10.0. The van der Waals surface area contributed by atoms with Crippen LogP contribution in [0.15, 0.2) is 93.7 Å². The molecule has 1 aromatic heterocycles. The zero-order valence-electron chi connectivity index (χ0n) is 23.5. The molecule has 1 aliphatic heterocycles. The zero-order valence-corrected chi connectivity index (χ0v) is 27.4. The van der Waals surface area contributed by atoms with Crippen LogP contribution in [-0.4, -0.2) is 26.8 Å². The van der Waals surface area contributed by atoms with Crippen LogP contribution < -0.4 is 9.80 Å². The molecule has 1 aliphatic rings. The molecule has 224 valence electrons. The number of benzene rings is 4. The number of para-hydroxylation sites is 1. The highest BCUT2D eigenvalue weighted by Crippen LogP contribution is 2.40. The van der Waals surface area contributed by atoms with Crippen molar-refractivity contribution in [3.05, 3.63) is 121 Å². The van der Waals surface area contributed by atoms with Crippen LogP contribution in [0.1, 0.15) is 16.7 Å². The van der Waals surface area contributed by atoms with Crippen molar-refractivity contribution in [2.45, 2.75) is 23.1 Å². The molecule has 0 unspecified atom stereocenters. The smallest absolute Gasteiger partial charge is 0.268 e. The van der Waals surface area contributed by atoms with Crippen LogP contribution in [0, 0.1) is 24.0 Å². The number of aromatic nitrogens is 1. The fourth-order valence-corrected chi connectivity index (χ4v) is 7.47. The number of nitrogens with zero attached hydrogens (tertiary/aromatic N) is 4. The number of fused-ring (bicyclic) bond motifs is 1. The Hall–Kier alpha value is -4.13. The summed E-state index contributed by atoms with van der Waals surface area (Å²) in [5, 5.41) is 12.9. The summed E-state index contributed by atoms with van der Waals surface area (Å²) in [4.78, 5) is 47.0. The molecular formula is C32H20Cl2N4O4S3. The van der Waals surface area contributed by atoms with E-state index in [2.05, 4.69) is 4.98 Å². The molecule has 2 heterocycles. The highest BCUT2D eigenvalue weighted by atomic mass is 35.5. The minimum atomic E-state index is -0.699. The van der Waals surface area contributed by atoms with Crippen LogP contribution >= 0.6 is 58.5 Å². The van der Waals surface area contributed by atoms with Gasteiger partial charge in [-0.05, 0) is 91.3 Å². The minimum absolute atomic E-state index is 0.0875. The Labute approximate surface area is 281 Å². The fourth-order valence-electron chi connectivity index (χ4n) is 4.64. The van der Waals surface area contributed by atoms with Crippen molar-refractivity contribution in [2.75, 3.05) is 9.80 Å². The summed E-state index contributed by atoms with van der Waals surface area (Å²) in [5.41, 5.74) is 2.94. The van der Waals surface area contributed by atoms with Crippen molar-refractivity contribution in [1.29, 1.82) is 0 Å². The van der Waals surface area contributed by atoms with Crippen LogP contribution in [0.5, 0.6) is 0 Å². The molecule has 0 saturated carbocycles. The molecule has 0 aliphatic carbocycles. The van der Waals surface area contributed by atoms with Gasteiger partial charge in [0.05, 0.1) is 31.4 Å². The summed E-state index contributed by atoms with van der Waals surface area (Å²) in [6, 6.07) is 22.2. The van der Waals surface area contributed by atoms with Gasteiger partial charge in [-0.1, -0.05) is 65.3 Å². The van der Waals surface area contributed by atoms with Gasteiger partial charge in [0.25, 0.3) is 17.5 Å². The lowest BCUT2D eigenvalue weighted by Crippen LogP contribution is -2.57. The molecule has 0 spiro atoms. The molecule has 8 nitrogen and oxygen atoms in total. The lowest BCUT2D eigenvalue weighted by Gasteiger charge is -2.36. The van der Waals surface area contributed by atoms with Gasteiger partial charge in [0.2, 0.25) is 0 Å². The van der Waals surface area contributed by atoms with Crippen molar-refractivity contribution < 1.29 is 14.5 Å². The number of amides is 2. The van der Waals surface area contributed by atoms with Gasteiger partial charge >= 0.3 is 0 Å². The van der Waals surface area contributed by atoms with Crippen LogP contribution in [0.4, 0.5) is 17.1 Å². The molecule has 0 N–H and O–H groups in total. The number of carbonyl (C=O) groups is 2. The number of anilines is 2. The van der Waals surface area contributed by atoms with Gasteiger partial charge < -0.3 is 0 Å². The summed E-state index contributed by atoms with van der Waals surface area (Å²) in [7, 11) is 0. The summed E-state index contributed by atoms with van der Waals surface area (Å²) in [6.45, 7) is 3.65. The van der Waals surface area contributed by atoms with E-state index in [0.717, 1.165) is 21.3 Å². The monoisotopic (exact) mass is 690 g/mol. The molecule has 1 fully saturated rings. The van der Waals surface area contributed by atoms with Gasteiger partial charge in [-0.2, -0.15) is 0 Å². The average Bonchev–Trinajstić information content (AvgIpc) is 3.42. The SMILES string of the molecule is Cc1ccc(N2C(=O)C(=Cc3ccc(Sc4nc5ccccc5s4)c([N+](=O)[O-])c3)C(=O)N(c3ccc(C)c(Cl)c3)C2=S)cc1Cl. The lowest BCUT2D eigenvalue weighted by molar-refractivity contribution is -0.387. The van der Waals surface area contributed by atoms with E-state index >= 15 is 0 Å². The summed E-state index contributed by atoms with van der Waals surface area (Å²) >= 11 is 21.1.